The van der Waals surface area contributed by atoms with Crippen molar-refractivity contribution >= 4 is 5.96 Å². The second-order valence-corrected chi connectivity index (χ2v) is 5.68. The van der Waals surface area contributed by atoms with Crippen molar-refractivity contribution in [2.45, 2.75) is 25.9 Å². The maximum atomic E-state index is 10.2. The van der Waals surface area contributed by atoms with E-state index in [-0.39, 0.29) is 6.54 Å². The molecule has 116 valence electrons. The highest BCUT2D eigenvalue weighted by molar-refractivity contribution is 5.78. The van der Waals surface area contributed by atoms with E-state index >= 15 is 0 Å². The van der Waals surface area contributed by atoms with Gasteiger partial charge >= 0.3 is 0 Å². The molecule has 3 N–H and O–H groups in total. The van der Waals surface area contributed by atoms with Gasteiger partial charge < -0.3 is 20.5 Å². The number of guanidine groups is 1. The zero-order chi connectivity index (χ0) is 15.2. The van der Waals surface area contributed by atoms with Crippen molar-refractivity contribution in [1.82, 2.24) is 4.90 Å². The van der Waals surface area contributed by atoms with E-state index in [1.165, 1.54) is 6.42 Å². The van der Waals surface area contributed by atoms with E-state index in [0.717, 1.165) is 30.8 Å². The van der Waals surface area contributed by atoms with Crippen molar-refractivity contribution in [3.05, 3.63) is 29.8 Å². The lowest BCUT2D eigenvalue weighted by Crippen LogP contribution is -2.43. The molecule has 1 aliphatic heterocycles. The topological polar surface area (TPSA) is 71.1 Å². The lowest BCUT2D eigenvalue weighted by Gasteiger charge is -2.31. The first-order valence-electron chi connectivity index (χ1n) is 7.47. The van der Waals surface area contributed by atoms with Crippen molar-refractivity contribution in [2.24, 2.45) is 16.6 Å². The summed E-state index contributed by atoms with van der Waals surface area (Å²) in [6.45, 7) is 4.42. The molecule has 5 nitrogen and oxygen atoms in total. The molecule has 0 spiro atoms. The minimum absolute atomic E-state index is 0.281. The highest BCUT2D eigenvalue weighted by Gasteiger charge is 2.18. The van der Waals surface area contributed by atoms with E-state index in [0.29, 0.717) is 11.9 Å². The van der Waals surface area contributed by atoms with Crippen molar-refractivity contribution in [3.63, 3.8) is 0 Å². The van der Waals surface area contributed by atoms with Gasteiger partial charge in [0.05, 0.1) is 19.8 Å². The molecule has 2 rings (SSSR count). The smallest absolute Gasteiger partial charge is 0.191 e. The molecule has 21 heavy (non-hydrogen) atoms. The lowest BCUT2D eigenvalue weighted by atomic mass is 10.0. The number of methoxy groups -OCH3 is 1. The number of hydrogen-bond donors (Lipinski definition) is 2. The molecule has 1 aromatic rings. The van der Waals surface area contributed by atoms with Gasteiger partial charge in [0, 0.05) is 13.1 Å². The lowest BCUT2D eigenvalue weighted by molar-refractivity contribution is 0.186. The summed E-state index contributed by atoms with van der Waals surface area (Å²) in [4.78, 5) is 6.45. The minimum atomic E-state index is -0.642. The Morgan fingerprint density at radius 2 is 2.19 bits per heavy atom. The Kier molecular flexibility index (Phi) is 5.44. The summed E-state index contributed by atoms with van der Waals surface area (Å²) >= 11 is 0. The number of rotatable bonds is 4. The summed E-state index contributed by atoms with van der Waals surface area (Å²) in [6.07, 6.45) is 1.76. The molecule has 0 saturated carbocycles. The van der Waals surface area contributed by atoms with Crippen LogP contribution < -0.4 is 10.5 Å². The largest absolute Gasteiger partial charge is 0.497 e. The van der Waals surface area contributed by atoms with E-state index in [2.05, 4.69) is 16.8 Å². The Hall–Kier alpha value is -1.75. The maximum Gasteiger partial charge on any atom is 0.191 e. The Balaban J connectivity index is 1.91. The van der Waals surface area contributed by atoms with Crippen LogP contribution >= 0.6 is 0 Å². The van der Waals surface area contributed by atoms with Gasteiger partial charge in [-0.15, -0.1) is 0 Å². The number of aliphatic imine (C=N–C) groups is 1. The third-order valence-electron chi connectivity index (χ3n) is 3.91. The first-order valence-corrected chi connectivity index (χ1v) is 7.47. The number of aliphatic hydroxyl groups excluding tert-OH is 1. The first kappa shape index (κ1) is 15.6. The average molecular weight is 291 g/mol. The minimum Gasteiger partial charge on any atom is -0.497 e. The average Bonchev–Trinajstić information content (AvgIpc) is 2.52. The number of piperidine rings is 1. The van der Waals surface area contributed by atoms with Gasteiger partial charge in [-0.2, -0.15) is 0 Å². The molecule has 0 bridgehead atoms. The molecule has 0 aromatic heterocycles. The number of aliphatic hydroxyl groups is 1. The molecule has 1 aromatic carbocycles. The number of nitrogens with two attached hydrogens (primary N) is 1. The maximum absolute atomic E-state index is 10.2. The van der Waals surface area contributed by atoms with Crippen molar-refractivity contribution in [2.75, 3.05) is 26.7 Å². The van der Waals surface area contributed by atoms with E-state index in [9.17, 15) is 5.11 Å². The third kappa shape index (κ3) is 4.36. The van der Waals surface area contributed by atoms with E-state index in [1.807, 2.05) is 24.3 Å². The molecule has 1 fully saturated rings. The van der Waals surface area contributed by atoms with Crippen molar-refractivity contribution in [1.29, 1.82) is 0 Å². The summed E-state index contributed by atoms with van der Waals surface area (Å²) in [6, 6.07) is 7.35. The predicted octanol–water partition coefficient (Wildman–Crippen LogP) is 1.78. The van der Waals surface area contributed by atoms with Crippen molar-refractivity contribution in [3.8, 4) is 5.75 Å². The van der Waals surface area contributed by atoms with E-state index < -0.39 is 6.10 Å². The van der Waals surface area contributed by atoms with Gasteiger partial charge in [0.2, 0.25) is 0 Å². The molecule has 1 saturated heterocycles. The van der Waals surface area contributed by atoms with Crippen LogP contribution in [0.2, 0.25) is 0 Å². The second-order valence-electron chi connectivity index (χ2n) is 5.68. The summed E-state index contributed by atoms with van der Waals surface area (Å²) in [7, 11) is 1.62. The Labute approximate surface area is 126 Å². The molecule has 0 amide bonds. The Morgan fingerprint density at radius 1 is 1.48 bits per heavy atom. The van der Waals surface area contributed by atoms with E-state index in [4.69, 9.17) is 10.5 Å². The summed E-state index contributed by atoms with van der Waals surface area (Å²) in [5.41, 5.74) is 6.85. The van der Waals surface area contributed by atoms with Gasteiger partial charge in [0.15, 0.2) is 5.96 Å². The van der Waals surface area contributed by atoms with E-state index in [1.54, 1.807) is 7.11 Å². The van der Waals surface area contributed by atoms with Gasteiger partial charge in [0.1, 0.15) is 5.75 Å². The fraction of sp³-hybridized carbons (Fsp3) is 0.562. The van der Waals surface area contributed by atoms with Crippen LogP contribution in [0.5, 0.6) is 5.75 Å². The van der Waals surface area contributed by atoms with Gasteiger partial charge in [-0.3, -0.25) is 4.99 Å². The Bertz CT molecular complexity index is 473. The number of hydrogen-bond acceptors (Lipinski definition) is 3. The molecule has 0 radical (unpaired) electrons. The molecule has 1 heterocycles. The molecule has 0 aliphatic carbocycles. The summed E-state index contributed by atoms with van der Waals surface area (Å²) < 4.78 is 5.10. The molecule has 2 unspecified atom stereocenters. The number of benzene rings is 1. The highest BCUT2D eigenvalue weighted by Crippen LogP contribution is 2.18. The summed E-state index contributed by atoms with van der Waals surface area (Å²) in [5.74, 6) is 1.96. The fourth-order valence-electron chi connectivity index (χ4n) is 2.61. The number of likely N-dealkylation sites (tertiary alicyclic amines) is 1. The van der Waals surface area contributed by atoms with Crippen LogP contribution in [-0.2, 0) is 0 Å². The van der Waals surface area contributed by atoms with Crippen LogP contribution in [0.4, 0.5) is 0 Å². The van der Waals surface area contributed by atoms with Crippen LogP contribution in [0.3, 0.4) is 0 Å². The normalized spacial score (nSPS) is 21.2. The van der Waals surface area contributed by atoms with Crippen LogP contribution in [0.25, 0.3) is 0 Å². The van der Waals surface area contributed by atoms with Crippen LogP contribution in [0.1, 0.15) is 31.4 Å². The monoisotopic (exact) mass is 291 g/mol. The van der Waals surface area contributed by atoms with Crippen LogP contribution in [-0.4, -0.2) is 42.7 Å². The Morgan fingerprint density at radius 3 is 2.81 bits per heavy atom. The van der Waals surface area contributed by atoms with Crippen LogP contribution in [0, 0.1) is 5.92 Å². The zero-order valence-electron chi connectivity index (χ0n) is 12.8. The van der Waals surface area contributed by atoms with Crippen molar-refractivity contribution < 1.29 is 9.84 Å². The SMILES string of the molecule is COc1ccc(C(O)CN=C(N)N2CCCC(C)C2)cc1. The second kappa shape index (κ2) is 7.31. The summed E-state index contributed by atoms with van der Waals surface area (Å²) in [5, 5.41) is 10.2. The van der Waals surface area contributed by atoms with Gasteiger partial charge in [-0.25, -0.2) is 0 Å². The molecule has 2 atom stereocenters. The zero-order valence-corrected chi connectivity index (χ0v) is 12.8. The quantitative estimate of drug-likeness (QED) is 0.655. The standard InChI is InChI=1S/C16H25N3O2/c1-12-4-3-9-19(11-12)16(17)18-10-15(20)13-5-7-14(21-2)8-6-13/h5-8,12,15,20H,3-4,9-11H2,1-2H3,(H2,17,18). The van der Waals surface area contributed by atoms with Gasteiger partial charge in [0.25, 0.3) is 0 Å². The van der Waals surface area contributed by atoms with Crippen LogP contribution in [0.15, 0.2) is 29.3 Å². The van der Waals surface area contributed by atoms with Gasteiger partial charge in [-0.1, -0.05) is 19.1 Å². The predicted molar refractivity (Wildman–Crippen MR) is 84.4 cm³/mol. The molecular weight excluding hydrogens is 266 g/mol. The molecule has 5 heteroatoms. The highest BCUT2D eigenvalue weighted by atomic mass is 16.5. The molecule has 1 aliphatic rings. The third-order valence-corrected chi connectivity index (χ3v) is 3.91. The first-order chi connectivity index (χ1) is 10.1. The number of nitrogens with zero attached hydrogens (tertiary/aromatic N) is 2. The fourth-order valence-corrected chi connectivity index (χ4v) is 2.61. The number of ether oxygens (including phenoxy) is 1. The molecular formula is C16H25N3O2. The van der Waals surface area contributed by atoms with Gasteiger partial charge in [-0.05, 0) is 36.5 Å².